The molecule has 0 aliphatic carbocycles. The zero-order chi connectivity index (χ0) is 10.4. The fourth-order valence-corrected chi connectivity index (χ4v) is 1.11. The molecule has 1 atom stereocenters. The minimum absolute atomic E-state index is 0.0744. The molecule has 0 spiro atoms. The molecule has 2 heteroatoms. The Balaban J connectivity index is 2.79. The highest BCUT2D eigenvalue weighted by Crippen LogP contribution is 2.16. The molecule has 0 aliphatic rings. The van der Waals surface area contributed by atoms with Crippen molar-refractivity contribution in [2.24, 2.45) is 10.9 Å². The van der Waals surface area contributed by atoms with Crippen LogP contribution < -0.4 is 0 Å². The van der Waals surface area contributed by atoms with Gasteiger partial charge in [-0.05, 0) is 25.0 Å². The molecule has 0 saturated carbocycles. The monoisotopic (exact) mass is 186 g/mol. The van der Waals surface area contributed by atoms with Crippen LogP contribution >= 0.6 is 0 Å². The van der Waals surface area contributed by atoms with E-state index in [0.29, 0.717) is 0 Å². The van der Waals surface area contributed by atoms with Gasteiger partial charge in [-0.15, -0.1) is 0 Å². The second kappa shape index (κ2) is 5.18. The molecule has 2 nitrogen and oxygen atoms in total. The summed E-state index contributed by atoms with van der Waals surface area (Å²) in [5.74, 6) is -0.0744. The average molecular weight is 186 g/mol. The highest BCUT2D eigenvalue weighted by atomic mass is 14.7. The van der Waals surface area contributed by atoms with Crippen LogP contribution in [0.5, 0.6) is 0 Å². The summed E-state index contributed by atoms with van der Waals surface area (Å²) in [6.07, 6.45) is 2.54. The van der Waals surface area contributed by atoms with E-state index in [1.54, 1.807) is 6.21 Å². The Morgan fingerprint density at radius 1 is 1.50 bits per heavy atom. The minimum atomic E-state index is -0.0744. The number of aryl methyl sites for hydroxylation is 1. The van der Waals surface area contributed by atoms with Gasteiger partial charge in [0.15, 0.2) is 0 Å². The highest BCUT2D eigenvalue weighted by molar-refractivity contribution is 5.69. The van der Waals surface area contributed by atoms with Crippen molar-refractivity contribution in [2.45, 2.75) is 20.3 Å². The van der Waals surface area contributed by atoms with Gasteiger partial charge in [-0.1, -0.05) is 25.1 Å². The van der Waals surface area contributed by atoms with Crippen molar-refractivity contribution < 1.29 is 0 Å². The molecule has 1 aromatic rings. The summed E-state index contributed by atoms with van der Waals surface area (Å²) < 4.78 is 0. The summed E-state index contributed by atoms with van der Waals surface area (Å²) in [6, 6.07) is 10.1. The van der Waals surface area contributed by atoms with E-state index < -0.39 is 0 Å². The van der Waals surface area contributed by atoms with Gasteiger partial charge in [0.2, 0.25) is 0 Å². The quantitative estimate of drug-likeness (QED) is 0.667. The van der Waals surface area contributed by atoms with Crippen molar-refractivity contribution in [1.29, 1.82) is 5.26 Å². The summed E-state index contributed by atoms with van der Waals surface area (Å²) in [7, 11) is 0. The van der Waals surface area contributed by atoms with Crippen LogP contribution in [-0.2, 0) is 0 Å². The van der Waals surface area contributed by atoms with Crippen LogP contribution in [0.4, 0.5) is 5.69 Å². The SMILES string of the molecule is CCC(C#N)C=Nc1ccccc1C. The molecule has 1 unspecified atom stereocenters. The second-order valence-electron chi connectivity index (χ2n) is 3.21. The lowest BCUT2D eigenvalue weighted by Crippen LogP contribution is -1.94. The lowest BCUT2D eigenvalue weighted by atomic mass is 10.1. The second-order valence-corrected chi connectivity index (χ2v) is 3.21. The largest absolute Gasteiger partial charge is 0.260 e. The first-order valence-electron chi connectivity index (χ1n) is 4.77. The third-order valence-electron chi connectivity index (χ3n) is 2.11. The van der Waals surface area contributed by atoms with E-state index in [0.717, 1.165) is 17.7 Å². The molecule has 14 heavy (non-hydrogen) atoms. The molecular formula is C12H14N2. The van der Waals surface area contributed by atoms with E-state index in [2.05, 4.69) is 11.1 Å². The normalized spacial score (nSPS) is 12.6. The third-order valence-corrected chi connectivity index (χ3v) is 2.11. The van der Waals surface area contributed by atoms with Gasteiger partial charge in [0, 0.05) is 6.21 Å². The number of rotatable bonds is 3. The molecule has 0 saturated heterocycles. The number of benzene rings is 1. The first kappa shape index (κ1) is 10.5. The first-order chi connectivity index (χ1) is 6.77. The average Bonchev–Trinajstić information content (AvgIpc) is 2.22. The van der Waals surface area contributed by atoms with E-state index in [1.807, 2.05) is 38.1 Å². The lowest BCUT2D eigenvalue weighted by molar-refractivity contribution is 0.845. The van der Waals surface area contributed by atoms with Crippen LogP contribution in [0.15, 0.2) is 29.3 Å². The maximum absolute atomic E-state index is 8.73. The Morgan fingerprint density at radius 2 is 2.21 bits per heavy atom. The summed E-state index contributed by atoms with van der Waals surface area (Å²) in [5.41, 5.74) is 2.08. The molecule has 72 valence electrons. The molecular weight excluding hydrogens is 172 g/mol. The van der Waals surface area contributed by atoms with Gasteiger partial charge >= 0.3 is 0 Å². The van der Waals surface area contributed by atoms with Crippen molar-refractivity contribution in [3.05, 3.63) is 29.8 Å². The van der Waals surface area contributed by atoms with Crippen LogP contribution in [-0.4, -0.2) is 6.21 Å². The lowest BCUT2D eigenvalue weighted by Gasteiger charge is -1.99. The van der Waals surface area contributed by atoms with Gasteiger partial charge in [-0.2, -0.15) is 5.26 Å². The smallest absolute Gasteiger partial charge is 0.0813 e. The van der Waals surface area contributed by atoms with Gasteiger partial charge in [0.05, 0.1) is 17.7 Å². The Kier molecular flexibility index (Phi) is 3.87. The third kappa shape index (κ3) is 2.70. The van der Waals surface area contributed by atoms with Gasteiger partial charge < -0.3 is 0 Å². The summed E-state index contributed by atoms with van der Waals surface area (Å²) in [6.45, 7) is 4.00. The van der Waals surface area contributed by atoms with Crippen molar-refractivity contribution in [3.8, 4) is 6.07 Å². The van der Waals surface area contributed by atoms with E-state index in [-0.39, 0.29) is 5.92 Å². The van der Waals surface area contributed by atoms with E-state index in [9.17, 15) is 0 Å². The summed E-state index contributed by atoms with van der Waals surface area (Å²) >= 11 is 0. The van der Waals surface area contributed by atoms with E-state index in [4.69, 9.17) is 5.26 Å². The maximum Gasteiger partial charge on any atom is 0.0813 e. The number of aliphatic imine (C=N–C) groups is 1. The van der Waals surface area contributed by atoms with Crippen LogP contribution in [0.1, 0.15) is 18.9 Å². The van der Waals surface area contributed by atoms with Crippen molar-refractivity contribution in [1.82, 2.24) is 0 Å². The van der Waals surface area contributed by atoms with Gasteiger partial charge in [-0.3, -0.25) is 4.99 Å². The Labute approximate surface area is 84.9 Å². The van der Waals surface area contributed by atoms with Gasteiger partial charge in [0.1, 0.15) is 0 Å². The minimum Gasteiger partial charge on any atom is -0.260 e. The standard InChI is InChI=1S/C12H14N2/c1-3-11(8-13)9-14-12-7-5-4-6-10(12)2/h4-7,9,11H,3H2,1-2H3. The molecule has 0 aromatic heterocycles. The van der Waals surface area contributed by atoms with Gasteiger partial charge in [-0.25, -0.2) is 0 Å². The molecule has 1 rings (SSSR count). The highest BCUT2D eigenvalue weighted by Gasteiger charge is 1.99. The molecule has 0 bridgehead atoms. The molecule has 1 aromatic carbocycles. The zero-order valence-corrected chi connectivity index (χ0v) is 8.57. The number of nitriles is 1. The molecule has 0 aliphatic heterocycles. The predicted molar refractivity (Wildman–Crippen MR) is 58.7 cm³/mol. The van der Waals surface area contributed by atoms with E-state index >= 15 is 0 Å². The van der Waals surface area contributed by atoms with Gasteiger partial charge in [0.25, 0.3) is 0 Å². The molecule has 0 amide bonds. The van der Waals surface area contributed by atoms with Crippen molar-refractivity contribution >= 4 is 11.9 Å². The van der Waals surface area contributed by atoms with Crippen LogP contribution in [0.25, 0.3) is 0 Å². The first-order valence-corrected chi connectivity index (χ1v) is 4.77. The Hall–Kier alpha value is -1.62. The number of hydrogen-bond donors (Lipinski definition) is 0. The van der Waals surface area contributed by atoms with Crippen molar-refractivity contribution in [2.75, 3.05) is 0 Å². The zero-order valence-electron chi connectivity index (χ0n) is 8.57. The molecule has 0 heterocycles. The van der Waals surface area contributed by atoms with Crippen LogP contribution in [0.2, 0.25) is 0 Å². The fourth-order valence-electron chi connectivity index (χ4n) is 1.11. The molecule has 0 fully saturated rings. The molecule has 0 N–H and O–H groups in total. The number of hydrogen-bond acceptors (Lipinski definition) is 2. The van der Waals surface area contributed by atoms with E-state index in [1.165, 1.54) is 0 Å². The fraction of sp³-hybridized carbons (Fsp3) is 0.333. The molecule has 0 radical (unpaired) electrons. The van der Waals surface area contributed by atoms with Crippen LogP contribution in [0, 0.1) is 24.2 Å². The number of para-hydroxylation sites is 1. The summed E-state index contributed by atoms with van der Waals surface area (Å²) in [5, 5.41) is 8.73. The van der Waals surface area contributed by atoms with Crippen molar-refractivity contribution in [3.63, 3.8) is 0 Å². The topological polar surface area (TPSA) is 36.1 Å². The predicted octanol–water partition coefficient (Wildman–Crippen LogP) is 3.25. The Bertz CT molecular complexity index is 361. The number of nitrogens with zero attached hydrogens (tertiary/aromatic N) is 2. The maximum atomic E-state index is 8.73. The van der Waals surface area contributed by atoms with Crippen LogP contribution in [0.3, 0.4) is 0 Å². The summed E-state index contributed by atoms with van der Waals surface area (Å²) in [4.78, 5) is 4.30. The Morgan fingerprint density at radius 3 is 2.79 bits per heavy atom.